The first kappa shape index (κ1) is 13.2. The van der Waals surface area contributed by atoms with Gasteiger partial charge in [-0.1, -0.05) is 0 Å². The first-order chi connectivity index (χ1) is 8.08. The van der Waals surface area contributed by atoms with E-state index in [-0.39, 0.29) is 12.3 Å². The summed E-state index contributed by atoms with van der Waals surface area (Å²) < 4.78 is 9.66. The molecule has 17 heavy (non-hydrogen) atoms. The van der Waals surface area contributed by atoms with Gasteiger partial charge in [0.15, 0.2) is 0 Å². The molecule has 0 aliphatic heterocycles. The van der Waals surface area contributed by atoms with E-state index in [4.69, 9.17) is 9.68 Å². The van der Waals surface area contributed by atoms with Gasteiger partial charge in [-0.2, -0.15) is 5.26 Å². The number of carbonyl (C=O) groups excluding carboxylic acids is 1. The van der Waals surface area contributed by atoms with Gasteiger partial charge in [0.05, 0.1) is 19.8 Å². The highest BCUT2D eigenvalue weighted by molar-refractivity contribution is 5.76. The Morgan fingerprint density at radius 2 is 2.41 bits per heavy atom. The van der Waals surface area contributed by atoms with E-state index in [9.17, 15) is 9.90 Å². The molecule has 1 heterocycles. The largest absolute Gasteiger partial charge is 0.468 e. The van der Waals surface area contributed by atoms with Crippen molar-refractivity contribution < 1.29 is 19.1 Å². The first-order valence-electron chi connectivity index (χ1n) is 5.06. The lowest BCUT2D eigenvalue weighted by atomic mass is 10.2. The molecule has 0 spiro atoms. The average Bonchev–Trinajstić information content (AvgIpc) is 2.76. The van der Waals surface area contributed by atoms with Gasteiger partial charge in [0.1, 0.15) is 17.9 Å². The molecule has 0 aliphatic carbocycles. The summed E-state index contributed by atoms with van der Waals surface area (Å²) in [6.45, 7) is 1.71. The molecule has 0 amide bonds. The number of esters is 1. The van der Waals surface area contributed by atoms with E-state index in [1.165, 1.54) is 20.1 Å². The van der Waals surface area contributed by atoms with E-state index >= 15 is 0 Å². The zero-order chi connectivity index (χ0) is 12.8. The highest BCUT2D eigenvalue weighted by Crippen LogP contribution is 2.07. The quantitative estimate of drug-likeness (QED) is 0.709. The average molecular weight is 238 g/mol. The minimum atomic E-state index is -0.882. The van der Waals surface area contributed by atoms with E-state index in [2.05, 4.69) is 10.1 Å². The normalized spacial score (nSPS) is 13.8. The van der Waals surface area contributed by atoms with Gasteiger partial charge in [-0.3, -0.25) is 10.1 Å². The molecule has 0 bridgehead atoms. The molecule has 2 atom stereocenters. The molecule has 6 nitrogen and oxygen atoms in total. The number of hydrogen-bond acceptors (Lipinski definition) is 6. The van der Waals surface area contributed by atoms with Gasteiger partial charge in [-0.05, 0) is 19.1 Å². The molecule has 0 saturated carbocycles. The van der Waals surface area contributed by atoms with Gasteiger partial charge in [0.25, 0.3) is 0 Å². The van der Waals surface area contributed by atoms with Crippen LogP contribution in [-0.4, -0.2) is 30.3 Å². The molecular weight excluding hydrogens is 224 g/mol. The third kappa shape index (κ3) is 3.59. The summed E-state index contributed by atoms with van der Waals surface area (Å²) >= 11 is 0. The SMILES string of the molecule is COC(=O)[C@@H](NCc1ccc(C#N)o1)[C@H](C)O. The Morgan fingerprint density at radius 3 is 2.88 bits per heavy atom. The molecule has 1 rings (SSSR count). The molecule has 6 heteroatoms. The van der Waals surface area contributed by atoms with Crippen molar-refractivity contribution >= 4 is 5.97 Å². The van der Waals surface area contributed by atoms with Gasteiger partial charge in [0, 0.05) is 0 Å². The van der Waals surface area contributed by atoms with Crippen LogP contribution in [0.25, 0.3) is 0 Å². The van der Waals surface area contributed by atoms with Gasteiger partial charge >= 0.3 is 5.97 Å². The van der Waals surface area contributed by atoms with Crippen LogP contribution >= 0.6 is 0 Å². The van der Waals surface area contributed by atoms with Crippen molar-refractivity contribution in [2.45, 2.75) is 25.6 Å². The number of nitrogens with one attached hydrogen (secondary N) is 1. The lowest BCUT2D eigenvalue weighted by Gasteiger charge is -2.18. The summed E-state index contributed by atoms with van der Waals surface area (Å²) in [5.41, 5.74) is 0. The van der Waals surface area contributed by atoms with Crippen LogP contribution in [0.5, 0.6) is 0 Å². The maximum Gasteiger partial charge on any atom is 0.325 e. The van der Waals surface area contributed by atoms with Crippen molar-refractivity contribution in [2.75, 3.05) is 7.11 Å². The van der Waals surface area contributed by atoms with Crippen LogP contribution in [0.3, 0.4) is 0 Å². The van der Waals surface area contributed by atoms with E-state index in [0.29, 0.717) is 5.76 Å². The molecule has 0 aliphatic rings. The maximum absolute atomic E-state index is 11.3. The number of rotatable bonds is 5. The lowest BCUT2D eigenvalue weighted by Crippen LogP contribution is -2.45. The molecule has 0 aromatic carbocycles. The number of aliphatic hydroxyl groups is 1. The van der Waals surface area contributed by atoms with E-state index in [1.807, 2.05) is 6.07 Å². The van der Waals surface area contributed by atoms with Crippen LogP contribution in [0.4, 0.5) is 0 Å². The molecule has 0 radical (unpaired) electrons. The number of nitrogens with zero attached hydrogens (tertiary/aromatic N) is 1. The maximum atomic E-state index is 11.3. The summed E-state index contributed by atoms with van der Waals surface area (Å²) in [5.74, 6) is 0.164. The van der Waals surface area contributed by atoms with Crippen LogP contribution in [0.2, 0.25) is 0 Å². The Labute approximate surface area is 98.8 Å². The molecule has 0 unspecified atom stereocenters. The predicted octanol–water partition coefficient (Wildman–Crippen LogP) is 0.163. The van der Waals surface area contributed by atoms with Crippen LogP contribution in [0.1, 0.15) is 18.4 Å². The zero-order valence-electron chi connectivity index (χ0n) is 9.64. The van der Waals surface area contributed by atoms with E-state index in [0.717, 1.165) is 0 Å². The summed E-state index contributed by atoms with van der Waals surface area (Å²) in [7, 11) is 1.25. The summed E-state index contributed by atoms with van der Waals surface area (Å²) in [6, 6.07) is 4.19. The molecular formula is C11H14N2O4. The monoisotopic (exact) mass is 238 g/mol. The topological polar surface area (TPSA) is 95.5 Å². The summed E-state index contributed by atoms with van der Waals surface area (Å²) in [6.07, 6.45) is -0.882. The Kier molecular flexibility index (Phi) is 4.69. The second kappa shape index (κ2) is 6.03. The Hall–Kier alpha value is -1.84. The Bertz CT molecular complexity index is 419. The molecule has 1 aromatic heterocycles. The number of carbonyl (C=O) groups is 1. The highest BCUT2D eigenvalue weighted by atomic mass is 16.5. The van der Waals surface area contributed by atoms with Crippen LogP contribution in [-0.2, 0) is 16.1 Å². The standard InChI is InChI=1S/C11H14N2O4/c1-7(14)10(11(15)16-2)13-6-9-4-3-8(5-12)17-9/h3-4,7,10,13-14H,6H2,1-2H3/t7-,10-/m0/s1. The lowest BCUT2D eigenvalue weighted by molar-refractivity contribution is -0.145. The number of ether oxygens (including phenoxy) is 1. The minimum Gasteiger partial charge on any atom is -0.468 e. The van der Waals surface area contributed by atoms with Crippen LogP contribution in [0, 0.1) is 11.3 Å². The number of furan rings is 1. The molecule has 92 valence electrons. The van der Waals surface area contributed by atoms with E-state index < -0.39 is 18.1 Å². The fourth-order valence-electron chi connectivity index (χ4n) is 1.32. The Balaban J connectivity index is 2.58. The molecule has 0 saturated heterocycles. The van der Waals surface area contributed by atoms with Crippen molar-refractivity contribution in [3.05, 3.63) is 23.7 Å². The van der Waals surface area contributed by atoms with Crippen LogP contribution in [0.15, 0.2) is 16.5 Å². The Morgan fingerprint density at radius 1 is 1.71 bits per heavy atom. The minimum absolute atomic E-state index is 0.202. The molecule has 0 fully saturated rings. The third-order valence-corrected chi connectivity index (χ3v) is 2.21. The van der Waals surface area contributed by atoms with Crippen molar-refractivity contribution in [1.29, 1.82) is 5.26 Å². The van der Waals surface area contributed by atoms with Gasteiger partial charge in [-0.25, -0.2) is 0 Å². The molecule has 2 N–H and O–H groups in total. The van der Waals surface area contributed by atoms with Gasteiger partial charge in [0.2, 0.25) is 5.76 Å². The van der Waals surface area contributed by atoms with Crippen molar-refractivity contribution in [3.8, 4) is 6.07 Å². The number of methoxy groups -OCH3 is 1. The van der Waals surface area contributed by atoms with E-state index in [1.54, 1.807) is 6.07 Å². The number of hydrogen-bond donors (Lipinski definition) is 2. The van der Waals surface area contributed by atoms with Gasteiger partial charge in [-0.15, -0.1) is 0 Å². The third-order valence-electron chi connectivity index (χ3n) is 2.21. The van der Waals surface area contributed by atoms with Gasteiger partial charge < -0.3 is 14.3 Å². The highest BCUT2D eigenvalue weighted by Gasteiger charge is 2.24. The number of aliphatic hydroxyl groups excluding tert-OH is 1. The zero-order valence-corrected chi connectivity index (χ0v) is 9.64. The smallest absolute Gasteiger partial charge is 0.325 e. The molecule has 1 aromatic rings. The van der Waals surface area contributed by atoms with Crippen molar-refractivity contribution in [1.82, 2.24) is 5.32 Å². The second-order valence-corrected chi connectivity index (χ2v) is 3.50. The predicted molar refractivity (Wildman–Crippen MR) is 57.7 cm³/mol. The second-order valence-electron chi connectivity index (χ2n) is 3.50. The summed E-state index contributed by atoms with van der Waals surface area (Å²) in [4.78, 5) is 11.3. The fraction of sp³-hybridized carbons (Fsp3) is 0.455. The first-order valence-corrected chi connectivity index (χ1v) is 5.06. The summed E-state index contributed by atoms with van der Waals surface area (Å²) in [5, 5.41) is 20.8. The van der Waals surface area contributed by atoms with Crippen molar-refractivity contribution in [2.24, 2.45) is 0 Å². The van der Waals surface area contributed by atoms with Crippen LogP contribution < -0.4 is 5.32 Å². The number of nitriles is 1. The van der Waals surface area contributed by atoms with Crippen molar-refractivity contribution in [3.63, 3.8) is 0 Å². The fourth-order valence-corrected chi connectivity index (χ4v) is 1.32.